The van der Waals surface area contributed by atoms with E-state index in [0.717, 1.165) is 11.2 Å². The number of nitrogens with zero attached hydrogens (tertiary/aromatic N) is 2. The first-order chi connectivity index (χ1) is 7.86. The monoisotopic (exact) mass is 211 g/mol. The third kappa shape index (κ3) is 1.24. The SMILES string of the molecule is O=c1[nH]cccc1-c1cccc2ccnn12. The highest BCUT2D eigenvalue weighted by atomic mass is 16.1. The summed E-state index contributed by atoms with van der Waals surface area (Å²) in [5.74, 6) is 0. The van der Waals surface area contributed by atoms with Crippen molar-refractivity contribution in [2.45, 2.75) is 0 Å². The average Bonchev–Trinajstić information content (AvgIpc) is 2.77. The molecule has 3 rings (SSSR count). The molecule has 0 atom stereocenters. The van der Waals surface area contributed by atoms with Gasteiger partial charge in [0, 0.05) is 6.20 Å². The van der Waals surface area contributed by atoms with Gasteiger partial charge in [0.15, 0.2) is 0 Å². The Morgan fingerprint density at radius 1 is 1.12 bits per heavy atom. The predicted molar refractivity (Wildman–Crippen MR) is 61.2 cm³/mol. The lowest BCUT2D eigenvalue weighted by atomic mass is 10.2. The van der Waals surface area contributed by atoms with Gasteiger partial charge in [-0.25, -0.2) is 4.52 Å². The highest BCUT2D eigenvalue weighted by Gasteiger charge is 2.06. The Kier molecular flexibility index (Phi) is 1.86. The van der Waals surface area contributed by atoms with Crippen LogP contribution in [0.3, 0.4) is 0 Å². The van der Waals surface area contributed by atoms with Gasteiger partial charge in [0.05, 0.1) is 23.0 Å². The Morgan fingerprint density at radius 3 is 2.94 bits per heavy atom. The van der Waals surface area contributed by atoms with Crippen molar-refractivity contribution in [3.8, 4) is 11.3 Å². The molecular formula is C12H9N3O. The first kappa shape index (κ1) is 8.91. The molecule has 0 spiro atoms. The minimum Gasteiger partial charge on any atom is -0.329 e. The van der Waals surface area contributed by atoms with Gasteiger partial charge in [0.2, 0.25) is 0 Å². The van der Waals surface area contributed by atoms with Crippen LogP contribution in [0.2, 0.25) is 0 Å². The average molecular weight is 211 g/mol. The molecule has 0 unspecified atom stereocenters. The summed E-state index contributed by atoms with van der Waals surface area (Å²) in [6.45, 7) is 0. The lowest BCUT2D eigenvalue weighted by Gasteiger charge is -2.03. The second kappa shape index (κ2) is 3.34. The van der Waals surface area contributed by atoms with Crippen LogP contribution in [-0.2, 0) is 0 Å². The van der Waals surface area contributed by atoms with Crippen LogP contribution in [0.25, 0.3) is 16.8 Å². The van der Waals surface area contributed by atoms with Gasteiger partial charge in [-0.1, -0.05) is 6.07 Å². The number of hydrogen-bond donors (Lipinski definition) is 1. The fourth-order valence-corrected chi connectivity index (χ4v) is 1.78. The topological polar surface area (TPSA) is 50.2 Å². The quantitative estimate of drug-likeness (QED) is 0.665. The lowest BCUT2D eigenvalue weighted by molar-refractivity contribution is 0.965. The van der Waals surface area contributed by atoms with Crippen LogP contribution >= 0.6 is 0 Å². The zero-order chi connectivity index (χ0) is 11.0. The molecule has 3 aromatic rings. The number of aromatic nitrogens is 3. The summed E-state index contributed by atoms with van der Waals surface area (Å²) in [6.07, 6.45) is 3.34. The summed E-state index contributed by atoms with van der Waals surface area (Å²) in [5, 5.41) is 4.20. The number of nitrogens with one attached hydrogen (secondary N) is 1. The van der Waals surface area contributed by atoms with Crippen molar-refractivity contribution in [1.82, 2.24) is 14.6 Å². The normalized spacial score (nSPS) is 10.8. The number of hydrogen-bond acceptors (Lipinski definition) is 2. The van der Waals surface area contributed by atoms with Crippen LogP contribution in [0.5, 0.6) is 0 Å². The van der Waals surface area contributed by atoms with Crippen LogP contribution in [0, 0.1) is 0 Å². The second-order valence-corrected chi connectivity index (χ2v) is 3.49. The molecule has 0 saturated heterocycles. The third-order valence-corrected chi connectivity index (χ3v) is 2.52. The molecule has 0 aromatic carbocycles. The molecule has 3 aromatic heterocycles. The smallest absolute Gasteiger partial charge is 0.257 e. The van der Waals surface area contributed by atoms with Crippen LogP contribution < -0.4 is 5.56 Å². The molecule has 0 amide bonds. The van der Waals surface area contributed by atoms with Gasteiger partial charge in [-0.3, -0.25) is 4.79 Å². The minimum absolute atomic E-state index is 0.106. The van der Waals surface area contributed by atoms with Gasteiger partial charge in [-0.2, -0.15) is 5.10 Å². The van der Waals surface area contributed by atoms with E-state index in [1.807, 2.05) is 24.3 Å². The lowest BCUT2D eigenvalue weighted by Crippen LogP contribution is -2.09. The summed E-state index contributed by atoms with van der Waals surface area (Å²) in [7, 11) is 0. The molecule has 16 heavy (non-hydrogen) atoms. The van der Waals surface area contributed by atoms with Crippen LogP contribution in [0.1, 0.15) is 0 Å². The zero-order valence-electron chi connectivity index (χ0n) is 8.42. The molecule has 0 bridgehead atoms. The number of rotatable bonds is 1. The highest BCUT2D eigenvalue weighted by Crippen LogP contribution is 2.15. The van der Waals surface area contributed by atoms with Crippen molar-refractivity contribution in [3.05, 3.63) is 59.1 Å². The molecule has 1 N–H and O–H groups in total. The molecule has 0 aliphatic carbocycles. The highest BCUT2D eigenvalue weighted by molar-refractivity contribution is 5.63. The number of aromatic amines is 1. The largest absolute Gasteiger partial charge is 0.329 e. The minimum atomic E-state index is -0.106. The van der Waals surface area contributed by atoms with E-state index in [1.165, 1.54) is 0 Å². The third-order valence-electron chi connectivity index (χ3n) is 2.52. The summed E-state index contributed by atoms with van der Waals surface area (Å²) in [6, 6.07) is 11.2. The summed E-state index contributed by atoms with van der Waals surface area (Å²) < 4.78 is 1.75. The van der Waals surface area contributed by atoms with Crippen molar-refractivity contribution in [1.29, 1.82) is 0 Å². The first-order valence-electron chi connectivity index (χ1n) is 4.97. The Labute approximate surface area is 91.2 Å². The molecule has 0 aliphatic rings. The Morgan fingerprint density at radius 2 is 2.06 bits per heavy atom. The maximum absolute atomic E-state index is 11.7. The summed E-state index contributed by atoms with van der Waals surface area (Å²) in [4.78, 5) is 14.3. The fraction of sp³-hybridized carbons (Fsp3) is 0. The molecule has 0 radical (unpaired) electrons. The summed E-state index contributed by atoms with van der Waals surface area (Å²) in [5.41, 5.74) is 2.28. The maximum Gasteiger partial charge on any atom is 0.257 e. The van der Waals surface area contributed by atoms with E-state index in [-0.39, 0.29) is 5.56 Å². The molecular weight excluding hydrogens is 202 g/mol. The van der Waals surface area contributed by atoms with Crippen molar-refractivity contribution in [2.75, 3.05) is 0 Å². The summed E-state index contributed by atoms with van der Waals surface area (Å²) >= 11 is 0. The van der Waals surface area contributed by atoms with Crippen molar-refractivity contribution in [3.63, 3.8) is 0 Å². The van der Waals surface area contributed by atoms with E-state index in [2.05, 4.69) is 10.1 Å². The molecule has 0 fully saturated rings. The maximum atomic E-state index is 11.7. The number of fused-ring (bicyclic) bond motifs is 1. The molecule has 4 heteroatoms. The van der Waals surface area contributed by atoms with Crippen molar-refractivity contribution in [2.24, 2.45) is 0 Å². The van der Waals surface area contributed by atoms with Gasteiger partial charge in [-0.15, -0.1) is 0 Å². The fourth-order valence-electron chi connectivity index (χ4n) is 1.78. The Hall–Kier alpha value is -2.36. The van der Waals surface area contributed by atoms with Crippen LogP contribution in [0.15, 0.2) is 53.6 Å². The Balaban J connectivity index is 2.39. The van der Waals surface area contributed by atoms with E-state index in [0.29, 0.717) is 5.56 Å². The second-order valence-electron chi connectivity index (χ2n) is 3.49. The standard InChI is InChI=1S/C12H9N3O/c16-12-10(4-2-7-13-12)11-5-1-3-9-6-8-14-15(9)11/h1-8H,(H,13,16). The molecule has 4 nitrogen and oxygen atoms in total. The van der Waals surface area contributed by atoms with Gasteiger partial charge in [0.1, 0.15) is 0 Å². The number of H-pyrrole nitrogens is 1. The van der Waals surface area contributed by atoms with E-state index in [1.54, 1.807) is 29.0 Å². The molecule has 0 aliphatic heterocycles. The first-order valence-corrected chi connectivity index (χ1v) is 4.97. The zero-order valence-corrected chi connectivity index (χ0v) is 8.42. The van der Waals surface area contributed by atoms with Gasteiger partial charge in [0.25, 0.3) is 5.56 Å². The van der Waals surface area contributed by atoms with E-state index >= 15 is 0 Å². The predicted octanol–water partition coefficient (Wildman–Crippen LogP) is 1.69. The van der Waals surface area contributed by atoms with Crippen molar-refractivity contribution >= 4 is 5.52 Å². The van der Waals surface area contributed by atoms with Gasteiger partial charge < -0.3 is 4.98 Å². The number of pyridine rings is 2. The van der Waals surface area contributed by atoms with Gasteiger partial charge >= 0.3 is 0 Å². The molecule has 78 valence electrons. The Bertz CT molecular complexity index is 696. The van der Waals surface area contributed by atoms with Crippen LogP contribution in [-0.4, -0.2) is 14.6 Å². The van der Waals surface area contributed by atoms with E-state index in [4.69, 9.17) is 0 Å². The van der Waals surface area contributed by atoms with E-state index < -0.39 is 0 Å². The molecule has 0 saturated carbocycles. The van der Waals surface area contributed by atoms with Crippen molar-refractivity contribution < 1.29 is 0 Å². The van der Waals surface area contributed by atoms with Gasteiger partial charge in [-0.05, 0) is 30.3 Å². The van der Waals surface area contributed by atoms with E-state index in [9.17, 15) is 4.79 Å². The molecule has 3 heterocycles. The van der Waals surface area contributed by atoms with Crippen LogP contribution in [0.4, 0.5) is 0 Å².